The van der Waals surface area contributed by atoms with Crippen LogP contribution in [0.15, 0.2) is 0 Å². The van der Waals surface area contributed by atoms with Crippen molar-refractivity contribution in [1.82, 2.24) is 4.90 Å². The molecule has 1 unspecified atom stereocenters. The molecule has 2 rings (SSSR count). The predicted octanol–water partition coefficient (Wildman–Crippen LogP) is 3.05. The van der Waals surface area contributed by atoms with Gasteiger partial charge in [-0.1, -0.05) is 20.3 Å². The number of likely N-dealkylation sites (tertiary alicyclic amines) is 1. The summed E-state index contributed by atoms with van der Waals surface area (Å²) in [6.07, 6.45) is 7.23. The monoisotopic (exact) mass is 181 g/mol. The quantitative estimate of drug-likeness (QED) is 0.633. The van der Waals surface area contributed by atoms with E-state index < -0.39 is 0 Å². The number of hydrogen-bond acceptors (Lipinski definition) is 1. The summed E-state index contributed by atoms with van der Waals surface area (Å²) in [5, 5.41) is 0. The van der Waals surface area contributed by atoms with E-state index in [1.165, 1.54) is 38.6 Å². The molecule has 1 nitrogen and oxygen atoms in total. The lowest BCUT2D eigenvalue weighted by atomic mass is 9.82. The first kappa shape index (κ1) is 9.51. The van der Waals surface area contributed by atoms with Crippen LogP contribution in [0.2, 0.25) is 0 Å². The molecule has 0 aromatic heterocycles. The molecule has 0 N–H and O–H groups in total. The summed E-state index contributed by atoms with van der Waals surface area (Å²) in [6, 6.07) is 0.940. The van der Waals surface area contributed by atoms with Crippen LogP contribution >= 0.6 is 0 Å². The molecule has 0 aromatic rings. The summed E-state index contributed by atoms with van der Waals surface area (Å²) in [4.78, 5) is 2.81. The lowest BCUT2D eigenvalue weighted by molar-refractivity contribution is 0.0259. The van der Waals surface area contributed by atoms with Crippen molar-refractivity contribution in [2.24, 2.45) is 5.92 Å². The third-order valence-corrected chi connectivity index (χ3v) is 4.50. The van der Waals surface area contributed by atoms with Crippen LogP contribution in [0.1, 0.15) is 52.9 Å². The molecule has 1 saturated carbocycles. The molecule has 1 aliphatic carbocycles. The fourth-order valence-corrected chi connectivity index (χ4v) is 2.92. The van der Waals surface area contributed by atoms with Gasteiger partial charge in [-0.25, -0.2) is 0 Å². The van der Waals surface area contributed by atoms with Crippen LogP contribution in [-0.2, 0) is 0 Å². The molecule has 0 amide bonds. The van der Waals surface area contributed by atoms with E-state index in [0.717, 1.165) is 12.0 Å². The van der Waals surface area contributed by atoms with Gasteiger partial charge in [0, 0.05) is 11.6 Å². The van der Waals surface area contributed by atoms with Crippen LogP contribution < -0.4 is 0 Å². The van der Waals surface area contributed by atoms with Gasteiger partial charge in [-0.15, -0.1) is 0 Å². The van der Waals surface area contributed by atoms with E-state index in [1.54, 1.807) is 0 Å². The average molecular weight is 181 g/mol. The van der Waals surface area contributed by atoms with Gasteiger partial charge in [-0.05, 0) is 45.1 Å². The van der Waals surface area contributed by atoms with Crippen molar-refractivity contribution in [3.63, 3.8) is 0 Å². The second kappa shape index (κ2) is 3.27. The van der Waals surface area contributed by atoms with Crippen LogP contribution in [0.4, 0.5) is 0 Å². The van der Waals surface area contributed by atoms with Crippen molar-refractivity contribution in [2.75, 3.05) is 6.54 Å². The van der Waals surface area contributed by atoms with Gasteiger partial charge in [0.2, 0.25) is 0 Å². The maximum absolute atomic E-state index is 2.81. The fourth-order valence-electron chi connectivity index (χ4n) is 2.92. The summed E-state index contributed by atoms with van der Waals surface area (Å²) >= 11 is 0. The van der Waals surface area contributed by atoms with E-state index in [1.807, 2.05) is 0 Å². The van der Waals surface area contributed by atoms with Gasteiger partial charge in [-0.3, -0.25) is 4.90 Å². The SMILES string of the molecule is CC(C)C1(C)CCCN1C1CCC1. The molecule has 0 radical (unpaired) electrons. The van der Waals surface area contributed by atoms with E-state index in [0.29, 0.717) is 5.54 Å². The molecular formula is C12H23N. The van der Waals surface area contributed by atoms with Crippen molar-refractivity contribution in [2.45, 2.75) is 64.5 Å². The Labute approximate surface area is 82.5 Å². The van der Waals surface area contributed by atoms with Crippen LogP contribution in [-0.4, -0.2) is 23.0 Å². The van der Waals surface area contributed by atoms with Gasteiger partial charge >= 0.3 is 0 Å². The molecule has 2 aliphatic rings. The highest BCUT2D eigenvalue weighted by atomic mass is 15.3. The Morgan fingerprint density at radius 2 is 1.92 bits per heavy atom. The van der Waals surface area contributed by atoms with Gasteiger partial charge in [0.05, 0.1) is 0 Å². The standard InChI is InChI=1S/C12H23N/c1-10(2)12(3)8-5-9-13(12)11-6-4-7-11/h10-11H,4-9H2,1-3H3. The summed E-state index contributed by atoms with van der Waals surface area (Å²) < 4.78 is 0. The van der Waals surface area contributed by atoms with Gasteiger partial charge in [0.25, 0.3) is 0 Å². The van der Waals surface area contributed by atoms with Gasteiger partial charge < -0.3 is 0 Å². The Morgan fingerprint density at radius 1 is 1.23 bits per heavy atom. The van der Waals surface area contributed by atoms with Crippen molar-refractivity contribution in [1.29, 1.82) is 0 Å². The minimum absolute atomic E-state index is 0.519. The van der Waals surface area contributed by atoms with Gasteiger partial charge in [0.1, 0.15) is 0 Å². The highest BCUT2D eigenvalue weighted by molar-refractivity contribution is 4.99. The predicted molar refractivity (Wildman–Crippen MR) is 56.8 cm³/mol. The lowest BCUT2D eigenvalue weighted by Crippen LogP contribution is -2.52. The third-order valence-electron chi connectivity index (χ3n) is 4.50. The second-order valence-corrected chi connectivity index (χ2v) is 5.39. The molecule has 0 bridgehead atoms. The maximum atomic E-state index is 2.81. The molecule has 1 heterocycles. The zero-order chi connectivity index (χ0) is 9.47. The summed E-state index contributed by atoms with van der Waals surface area (Å²) in [5.74, 6) is 0.815. The minimum Gasteiger partial charge on any atom is -0.295 e. The first-order valence-corrected chi connectivity index (χ1v) is 5.91. The van der Waals surface area contributed by atoms with Gasteiger partial charge in [-0.2, -0.15) is 0 Å². The average Bonchev–Trinajstić information content (AvgIpc) is 2.31. The molecule has 0 aromatic carbocycles. The van der Waals surface area contributed by atoms with E-state index in [4.69, 9.17) is 0 Å². The van der Waals surface area contributed by atoms with E-state index in [2.05, 4.69) is 25.7 Å². The lowest BCUT2D eigenvalue weighted by Gasteiger charge is -2.47. The maximum Gasteiger partial charge on any atom is 0.0207 e. The Bertz CT molecular complexity index is 184. The molecule has 13 heavy (non-hydrogen) atoms. The molecule has 2 fully saturated rings. The van der Waals surface area contributed by atoms with Crippen molar-refractivity contribution in [3.05, 3.63) is 0 Å². The zero-order valence-electron chi connectivity index (χ0n) is 9.34. The topological polar surface area (TPSA) is 3.24 Å². The van der Waals surface area contributed by atoms with Crippen LogP contribution in [0.25, 0.3) is 0 Å². The first-order valence-electron chi connectivity index (χ1n) is 5.91. The molecule has 76 valence electrons. The molecule has 1 saturated heterocycles. The number of hydrogen-bond donors (Lipinski definition) is 0. The summed E-state index contributed by atoms with van der Waals surface area (Å²) in [7, 11) is 0. The number of rotatable bonds is 2. The zero-order valence-corrected chi connectivity index (χ0v) is 9.34. The van der Waals surface area contributed by atoms with Crippen molar-refractivity contribution >= 4 is 0 Å². The van der Waals surface area contributed by atoms with Gasteiger partial charge in [0.15, 0.2) is 0 Å². The molecule has 1 atom stereocenters. The highest BCUT2D eigenvalue weighted by Crippen LogP contribution is 2.41. The molecule has 1 aliphatic heterocycles. The minimum atomic E-state index is 0.519. The molecule has 0 spiro atoms. The first-order chi connectivity index (χ1) is 6.14. The van der Waals surface area contributed by atoms with Crippen LogP contribution in [0, 0.1) is 5.92 Å². The molecule has 1 heteroatoms. The number of nitrogens with zero attached hydrogens (tertiary/aromatic N) is 1. The summed E-state index contributed by atoms with van der Waals surface area (Å²) in [6.45, 7) is 8.61. The largest absolute Gasteiger partial charge is 0.295 e. The fraction of sp³-hybridized carbons (Fsp3) is 1.00. The van der Waals surface area contributed by atoms with Crippen LogP contribution in [0.3, 0.4) is 0 Å². The van der Waals surface area contributed by atoms with E-state index >= 15 is 0 Å². The Hall–Kier alpha value is -0.0400. The van der Waals surface area contributed by atoms with Crippen molar-refractivity contribution in [3.8, 4) is 0 Å². The Kier molecular flexibility index (Phi) is 2.39. The smallest absolute Gasteiger partial charge is 0.0207 e. The van der Waals surface area contributed by atoms with Crippen LogP contribution in [0.5, 0.6) is 0 Å². The third kappa shape index (κ3) is 1.41. The van der Waals surface area contributed by atoms with E-state index in [-0.39, 0.29) is 0 Å². The normalized spacial score (nSPS) is 36.9. The Morgan fingerprint density at radius 3 is 2.38 bits per heavy atom. The molecular weight excluding hydrogens is 158 g/mol. The van der Waals surface area contributed by atoms with Crippen molar-refractivity contribution < 1.29 is 0 Å². The highest BCUT2D eigenvalue weighted by Gasteiger charge is 2.43. The van der Waals surface area contributed by atoms with E-state index in [9.17, 15) is 0 Å². The second-order valence-electron chi connectivity index (χ2n) is 5.39. The summed E-state index contributed by atoms with van der Waals surface area (Å²) in [5.41, 5.74) is 0.519. The Balaban J connectivity index is 2.08.